The quantitative estimate of drug-likeness (QED) is 0.914. The number of nitrogens with one attached hydrogen (secondary N) is 1. The van der Waals surface area contributed by atoms with Crippen molar-refractivity contribution in [2.45, 2.75) is 26.3 Å². The fourth-order valence-electron chi connectivity index (χ4n) is 3.24. The Morgan fingerprint density at radius 1 is 1.19 bits per heavy atom. The lowest BCUT2D eigenvalue weighted by Crippen LogP contribution is -2.36. The van der Waals surface area contributed by atoms with Crippen molar-refractivity contribution in [2.75, 3.05) is 26.2 Å². The van der Waals surface area contributed by atoms with Gasteiger partial charge in [0.05, 0.1) is 0 Å². The lowest BCUT2D eigenvalue weighted by Gasteiger charge is -2.32. The summed E-state index contributed by atoms with van der Waals surface area (Å²) < 4.78 is 0. The molecule has 0 spiro atoms. The largest absolute Gasteiger partial charge is 0.317 e. The van der Waals surface area contributed by atoms with Crippen molar-refractivity contribution < 1.29 is 0 Å². The first-order valence-electron chi connectivity index (χ1n) is 8.11. The highest BCUT2D eigenvalue weighted by Crippen LogP contribution is 2.22. The van der Waals surface area contributed by atoms with Gasteiger partial charge in [-0.15, -0.1) is 0 Å². The number of pyridine rings is 1. The van der Waals surface area contributed by atoms with Crippen LogP contribution in [0.1, 0.15) is 25.3 Å². The Hall–Kier alpha value is -1.45. The Balaban J connectivity index is 1.62. The maximum Gasteiger partial charge on any atom is 0.0346 e. The number of likely N-dealkylation sites (tertiary alicyclic amines) is 1. The first-order valence-corrected chi connectivity index (χ1v) is 8.11. The predicted octanol–water partition coefficient (Wildman–Crippen LogP) is 3.06. The number of rotatable bonds is 5. The summed E-state index contributed by atoms with van der Waals surface area (Å²) in [5.41, 5.74) is 1.36. The zero-order chi connectivity index (χ0) is 14.5. The van der Waals surface area contributed by atoms with Gasteiger partial charge in [-0.2, -0.15) is 0 Å². The summed E-state index contributed by atoms with van der Waals surface area (Å²) in [4.78, 5) is 6.97. The number of piperidine rings is 1. The number of aromatic nitrogens is 1. The van der Waals surface area contributed by atoms with Crippen LogP contribution in [0.2, 0.25) is 0 Å². The molecular weight excluding hydrogens is 258 g/mol. The van der Waals surface area contributed by atoms with Crippen molar-refractivity contribution in [1.29, 1.82) is 0 Å². The van der Waals surface area contributed by atoms with E-state index in [4.69, 9.17) is 0 Å². The molecule has 1 aromatic heterocycles. The van der Waals surface area contributed by atoms with E-state index in [-0.39, 0.29) is 0 Å². The zero-order valence-electron chi connectivity index (χ0n) is 12.9. The van der Waals surface area contributed by atoms with Crippen molar-refractivity contribution >= 4 is 10.8 Å². The third kappa shape index (κ3) is 3.60. The maximum absolute atomic E-state index is 4.40. The number of nitrogens with zero attached hydrogens (tertiary/aromatic N) is 2. The summed E-state index contributed by atoms with van der Waals surface area (Å²) in [6.45, 7) is 7.89. The minimum absolute atomic E-state index is 0.854. The highest BCUT2D eigenvalue weighted by Gasteiger charge is 2.19. The molecule has 1 aliphatic rings. The molecule has 0 bridgehead atoms. The summed E-state index contributed by atoms with van der Waals surface area (Å²) in [6, 6.07) is 8.56. The van der Waals surface area contributed by atoms with E-state index in [1.54, 1.807) is 0 Å². The Kier molecular flexibility index (Phi) is 4.84. The molecule has 0 atom stereocenters. The van der Waals surface area contributed by atoms with Crippen LogP contribution in [0.4, 0.5) is 0 Å². The number of fused-ring (bicyclic) bond motifs is 1. The molecule has 3 rings (SSSR count). The van der Waals surface area contributed by atoms with Gasteiger partial charge in [-0.25, -0.2) is 0 Å². The van der Waals surface area contributed by atoms with Crippen LogP contribution in [0.15, 0.2) is 36.7 Å². The van der Waals surface area contributed by atoms with Crippen LogP contribution in [-0.2, 0) is 6.54 Å². The molecule has 3 heteroatoms. The molecular formula is C18H25N3. The van der Waals surface area contributed by atoms with Gasteiger partial charge in [0.2, 0.25) is 0 Å². The number of hydrogen-bond acceptors (Lipinski definition) is 3. The van der Waals surface area contributed by atoms with E-state index >= 15 is 0 Å². The second-order valence-electron chi connectivity index (χ2n) is 6.05. The van der Waals surface area contributed by atoms with Crippen molar-refractivity contribution in [3.8, 4) is 0 Å². The predicted molar refractivity (Wildman–Crippen MR) is 88.3 cm³/mol. The Bertz CT molecular complexity index is 568. The first-order chi connectivity index (χ1) is 10.4. The molecule has 3 nitrogen and oxygen atoms in total. The topological polar surface area (TPSA) is 28.2 Å². The molecule has 0 unspecified atom stereocenters. The molecule has 2 heterocycles. The van der Waals surface area contributed by atoms with E-state index in [0.29, 0.717) is 0 Å². The van der Waals surface area contributed by atoms with E-state index in [0.717, 1.165) is 19.0 Å². The van der Waals surface area contributed by atoms with Crippen LogP contribution in [0, 0.1) is 5.92 Å². The first kappa shape index (κ1) is 14.5. The minimum Gasteiger partial charge on any atom is -0.317 e. The summed E-state index contributed by atoms with van der Waals surface area (Å²) >= 11 is 0. The van der Waals surface area contributed by atoms with Crippen molar-refractivity contribution in [2.24, 2.45) is 5.92 Å². The van der Waals surface area contributed by atoms with Gasteiger partial charge in [-0.3, -0.25) is 9.88 Å². The molecule has 1 N–H and O–H groups in total. The Morgan fingerprint density at radius 3 is 2.81 bits per heavy atom. The van der Waals surface area contributed by atoms with Crippen LogP contribution in [0.25, 0.3) is 10.8 Å². The number of hydrogen-bond donors (Lipinski definition) is 1. The van der Waals surface area contributed by atoms with E-state index in [9.17, 15) is 0 Å². The van der Waals surface area contributed by atoms with Crippen molar-refractivity contribution in [1.82, 2.24) is 15.2 Å². The molecule has 21 heavy (non-hydrogen) atoms. The molecule has 1 saturated heterocycles. The minimum atomic E-state index is 0.854. The summed E-state index contributed by atoms with van der Waals surface area (Å²) in [6.07, 6.45) is 6.62. The molecule has 0 saturated carbocycles. The summed E-state index contributed by atoms with van der Waals surface area (Å²) in [5.74, 6) is 0.854. The standard InChI is InChI=1S/C18H25N3/c1-2-19-11-15-7-9-21(10-8-15)14-17-13-20-12-16-5-3-4-6-18(16)17/h3-6,12-13,15,19H,2,7-11,14H2,1H3. The van der Waals surface area contributed by atoms with Crippen LogP contribution in [0.5, 0.6) is 0 Å². The molecule has 1 aromatic carbocycles. The summed E-state index contributed by atoms with van der Waals surface area (Å²) in [7, 11) is 0. The third-order valence-electron chi connectivity index (χ3n) is 4.53. The lowest BCUT2D eigenvalue weighted by atomic mass is 9.96. The number of benzene rings is 1. The van der Waals surface area contributed by atoms with Gasteiger partial charge in [0.15, 0.2) is 0 Å². The van der Waals surface area contributed by atoms with Gasteiger partial charge in [0, 0.05) is 24.3 Å². The lowest BCUT2D eigenvalue weighted by molar-refractivity contribution is 0.176. The van der Waals surface area contributed by atoms with Gasteiger partial charge >= 0.3 is 0 Å². The van der Waals surface area contributed by atoms with Gasteiger partial charge in [0.1, 0.15) is 0 Å². The van der Waals surface area contributed by atoms with E-state index < -0.39 is 0 Å². The Labute approximate surface area is 127 Å². The van der Waals surface area contributed by atoms with Gasteiger partial charge in [-0.05, 0) is 55.9 Å². The van der Waals surface area contributed by atoms with E-state index in [1.165, 1.54) is 48.8 Å². The SMILES string of the molecule is CCNCC1CCN(Cc2cncc3ccccc23)CC1. The second kappa shape index (κ2) is 7.01. The van der Waals surface area contributed by atoms with Crippen molar-refractivity contribution in [3.63, 3.8) is 0 Å². The summed E-state index contributed by atoms with van der Waals surface area (Å²) in [5, 5.41) is 6.07. The maximum atomic E-state index is 4.40. The fraction of sp³-hybridized carbons (Fsp3) is 0.500. The second-order valence-corrected chi connectivity index (χ2v) is 6.05. The molecule has 0 aliphatic carbocycles. The third-order valence-corrected chi connectivity index (χ3v) is 4.53. The fourth-order valence-corrected chi connectivity index (χ4v) is 3.24. The van der Waals surface area contributed by atoms with E-state index in [1.807, 2.05) is 12.4 Å². The van der Waals surface area contributed by atoms with Crippen molar-refractivity contribution in [3.05, 3.63) is 42.2 Å². The van der Waals surface area contributed by atoms with Crippen LogP contribution in [-0.4, -0.2) is 36.1 Å². The highest BCUT2D eigenvalue weighted by molar-refractivity contribution is 5.84. The van der Waals surface area contributed by atoms with E-state index in [2.05, 4.69) is 46.4 Å². The molecule has 0 radical (unpaired) electrons. The highest BCUT2D eigenvalue weighted by atomic mass is 15.1. The molecule has 0 amide bonds. The zero-order valence-corrected chi connectivity index (χ0v) is 12.9. The molecule has 112 valence electrons. The van der Waals surface area contributed by atoms with Crippen LogP contribution >= 0.6 is 0 Å². The monoisotopic (exact) mass is 283 g/mol. The van der Waals surface area contributed by atoms with Crippen LogP contribution in [0.3, 0.4) is 0 Å². The molecule has 2 aromatic rings. The van der Waals surface area contributed by atoms with Gasteiger partial charge in [-0.1, -0.05) is 31.2 Å². The average molecular weight is 283 g/mol. The van der Waals surface area contributed by atoms with Gasteiger partial charge in [0.25, 0.3) is 0 Å². The average Bonchev–Trinajstić information content (AvgIpc) is 2.55. The normalized spacial score (nSPS) is 17.4. The molecule has 1 fully saturated rings. The van der Waals surface area contributed by atoms with Crippen LogP contribution < -0.4 is 5.32 Å². The van der Waals surface area contributed by atoms with Gasteiger partial charge < -0.3 is 5.32 Å². The Morgan fingerprint density at radius 2 is 2.00 bits per heavy atom. The smallest absolute Gasteiger partial charge is 0.0346 e. The molecule has 1 aliphatic heterocycles.